The van der Waals surface area contributed by atoms with E-state index < -0.39 is 12.2 Å². The van der Waals surface area contributed by atoms with Gasteiger partial charge in [-0.3, -0.25) is 24.4 Å². The Morgan fingerprint density at radius 2 is 1.76 bits per heavy atom. The normalized spacial score (nSPS) is 18.5. The van der Waals surface area contributed by atoms with Gasteiger partial charge >= 0.3 is 11.0 Å². The Labute approximate surface area is 322 Å². The van der Waals surface area contributed by atoms with Crippen LogP contribution in [0.3, 0.4) is 0 Å². The summed E-state index contributed by atoms with van der Waals surface area (Å²) in [7, 11) is 0. The van der Waals surface area contributed by atoms with Gasteiger partial charge in [-0.2, -0.15) is 0 Å². The summed E-state index contributed by atoms with van der Waals surface area (Å²) in [6, 6.07) is 28.4. The number of carbonyl (C=O) groups excluding carboxylic acids is 1. The Hall–Kier alpha value is -5.27. The second kappa shape index (κ2) is 16.2. The van der Waals surface area contributed by atoms with E-state index in [1.807, 2.05) is 53.1 Å². The summed E-state index contributed by atoms with van der Waals surface area (Å²) in [6.07, 6.45) is 3.30. The molecular weight excluding hydrogens is 715 g/mol. The summed E-state index contributed by atoms with van der Waals surface area (Å²) >= 11 is 1.23. The van der Waals surface area contributed by atoms with Gasteiger partial charge in [-0.1, -0.05) is 65.9 Å². The standard InChI is InChI=1S/C43H45N5O6S/c49-36-15-12-32(33-13-16-40(51)46-41(33)36)37(50)25-44-24-28-10-14-35-39(23-28)55-43(53)48(35)19-5-4-6-27-9-11-31(29-7-2-1-3-8-29)34(22-27)45-42(52)54-38-26-47-20-17-30(38)18-21-47/h1-3,7-16,22-23,30,37-38,44,49-50H,4-6,17-21,24-26H2,(H,45,52)(H,46,51)/t37-,38-/m0/s1. The van der Waals surface area contributed by atoms with Crippen molar-refractivity contribution in [3.8, 4) is 16.9 Å². The summed E-state index contributed by atoms with van der Waals surface area (Å²) in [5, 5.41) is 28.0. The number of nitrogens with one attached hydrogen (secondary N) is 3. The van der Waals surface area contributed by atoms with E-state index in [-0.39, 0.29) is 28.8 Å². The second-order valence-corrected chi connectivity index (χ2v) is 15.7. The van der Waals surface area contributed by atoms with Gasteiger partial charge in [0, 0.05) is 43.2 Å². The van der Waals surface area contributed by atoms with E-state index in [2.05, 4.69) is 38.7 Å². The lowest BCUT2D eigenvalue weighted by Crippen LogP contribution is -2.52. The van der Waals surface area contributed by atoms with Crippen LogP contribution in [0.15, 0.2) is 101 Å². The van der Waals surface area contributed by atoms with Crippen LogP contribution in [-0.2, 0) is 24.2 Å². The highest BCUT2D eigenvalue weighted by molar-refractivity contribution is 7.16. The highest BCUT2D eigenvalue weighted by Gasteiger charge is 2.36. The first-order valence-electron chi connectivity index (χ1n) is 19.0. The molecule has 3 fully saturated rings. The summed E-state index contributed by atoms with van der Waals surface area (Å²) < 4.78 is 8.72. The number of ether oxygens (including phenoxy) is 1. The number of aliphatic hydroxyl groups excluding tert-OH is 1. The topological polar surface area (TPSA) is 149 Å². The van der Waals surface area contributed by atoms with Crippen molar-refractivity contribution in [3.05, 3.63) is 128 Å². The first-order chi connectivity index (χ1) is 26.8. The molecule has 0 unspecified atom stereocenters. The molecule has 0 saturated carbocycles. The van der Waals surface area contributed by atoms with Crippen molar-refractivity contribution < 1.29 is 19.7 Å². The molecule has 3 aliphatic heterocycles. The lowest BCUT2D eigenvalue weighted by molar-refractivity contribution is -0.0289. The molecule has 5 heterocycles. The van der Waals surface area contributed by atoms with E-state index >= 15 is 0 Å². The number of aromatic nitrogens is 2. The third-order valence-corrected chi connectivity index (χ3v) is 12.0. The fraction of sp³-hybridized carbons (Fsp3) is 0.326. The van der Waals surface area contributed by atoms with Crippen LogP contribution in [0, 0.1) is 5.92 Å². The number of carbonyl (C=O) groups is 1. The minimum Gasteiger partial charge on any atom is -0.506 e. The smallest absolute Gasteiger partial charge is 0.411 e. The zero-order valence-electron chi connectivity index (χ0n) is 30.5. The number of aromatic amines is 1. The first-order valence-corrected chi connectivity index (χ1v) is 19.8. The lowest BCUT2D eigenvalue weighted by atomic mass is 9.86. The van der Waals surface area contributed by atoms with Crippen LogP contribution in [0.4, 0.5) is 10.5 Å². The Morgan fingerprint density at radius 1 is 0.945 bits per heavy atom. The van der Waals surface area contributed by atoms with Crippen LogP contribution in [0.5, 0.6) is 5.75 Å². The van der Waals surface area contributed by atoms with Crippen molar-refractivity contribution >= 4 is 44.2 Å². The molecule has 0 spiro atoms. The average molecular weight is 760 g/mol. The van der Waals surface area contributed by atoms with E-state index in [1.54, 1.807) is 12.1 Å². The van der Waals surface area contributed by atoms with E-state index in [1.165, 1.54) is 23.5 Å². The van der Waals surface area contributed by atoms with E-state index in [0.29, 0.717) is 35.5 Å². The van der Waals surface area contributed by atoms with Crippen molar-refractivity contribution in [1.29, 1.82) is 0 Å². The number of nitrogens with zero attached hydrogens (tertiary/aromatic N) is 2. The third-order valence-electron chi connectivity index (χ3n) is 11.0. The zero-order chi connectivity index (χ0) is 37.9. The number of aryl methyl sites for hydroxylation is 2. The summed E-state index contributed by atoms with van der Waals surface area (Å²) in [4.78, 5) is 43.0. The van der Waals surface area contributed by atoms with Gasteiger partial charge in [0.1, 0.15) is 11.9 Å². The molecule has 0 aliphatic carbocycles. The van der Waals surface area contributed by atoms with Gasteiger partial charge in [-0.15, -0.1) is 0 Å². The maximum absolute atomic E-state index is 13.2. The molecule has 2 bridgehead atoms. The van der Waals surface area contributed by atoms with E-state index in [4.69, 9.17) is 4.74 Å². The second-order valence-electron chi connectivity index (χ2n) is 14.7. The quantitative estimate of drug-likeness (QED) is 0.0812. The number of amides is 1. The number of hydrogen-bond donors (Lipinski definition) is 5. The Kier molecular flexibility index (Phi) is 10.8. The maximum atomic E-state index is 13.2. The molecule has 284 valence electrons. The zero-order valence-corrected chi connectivity index (χ0v) is 31.3. The van der Waals surface area contributed by atoms with Gasteiger partial charge in [0.25, 0.3) is 0 Å². The number of unbranched alkanes of at least 4 members (excludes halogenated alkanes) is 1. The van der Waals surface area contributed by atoms with Gasteiger partial charge in [-0.05, 0) is 104 Å². The predicted molar refractivity (Wildman–Crippen MR) is 217 cm³/mol. The van der Waals surface area contributed by atoms with E-state index in [9.17, 15) is 24.6 Å². The Balaban J connectivity index is 0.870. The number of thiazole rings is 1. The molecule has 2 atom stereocenters. The summed E-state index contributed by atoms with van der Waals surface area (Å²) in [5.74, 6) is 0.384. The van der Waals surface area contributed by atoms with Gasteiger partial charge < -0.3 is 25.3 Å². The van der Waals surface area contributed by atoms with Crippen molar-refractivity contribution in [2.75, 3.05) is 31.5 Å². The predicted octanol–water partition coefficient (Wildman–Crippen LogP) is 6.77. The van der Waals surface area contributed by atoms with Gasteiger partial charge in [0.05, 0.1) is 27.5 Å². The monoisotopic (exact) mass is 759 g/mol. The SMILES string of the molecule is O=C(Nc1cc(CCCCn2c(=O)sc3cc(CNC[C@H](O)c4ccc(O)c5[nH]c(=O)ccc45)ccc32)ccc1-c1ccccc1)O[C@H]1CN2CCC1CC2. The first kappa shape index (κ1) is 36.7. The molecule has 9 rings (SSSR count). The fourth-order valence-electron chi connectivity index (χ4n) is 8.09. The number of anilines is 1. The average Bonchev–Trinajstić information content (AvgIpc) is 3.51. The van der Waals surface area contributed by atoms with Crippen LogP contribution in [0.1, 0.15) is 48.5 Å². The maximum Gasteiger partial charge on any atom is 0.411 e. The molecule has 5 N–H and O–H groups in total. The molecule has 11 nitrogen and oxygen atoms in total. The highest BCUT2D eigenvalue weighted by atomic mass is 32.1. The number of aromatic hydroxyl groups is 1. The van der Waals surface area contributed by atoms with Gasteiger partial charge in [0.15, 0.2) is 0 Å². The number of hydrogen-bond acceptors (Lipinski definition) is 9. The van der Waals surface area contributed by atoms with Crippen molar-refractivity contribution in [2.45, 2.75) is 57.4 Å². The summed E-state index contributed by atoms with van der Waals surface area (Å²) in [6.45, 7) is 4.33. The number of piperidine rings is 3. The largest absolute Gasteiger partial charge is 0.506 e. The van der Waals surface area contributed by atoms with Crippen LogP contribution in [0.2, 0.25) is 0 Å². The summed E-state index contributed by atoms with van der Waals surface area (Å²) in [5.41, 5.74) is 6.28. The van der Waals surface area contributed by atoms with Crippen LogP contribution >= 0.6 is 11.3 Å². The molecule has 55 heavy (non-hydrogen) atoms. The van der Waals surface area contributed by atoms with Crippen LogP contribution in [-0.4, -0.2) is 63.0 Å². The molecule has 6 aromatic rings. The van der Waals surface area contributed by atoms with Crippen molar-refractivity contribution in [3.63, 3.8) is 0 Å². The van der Waals surface area contributed by atoms with Gasteiger partial charge in [0.2, 0.25) is 5.56 Å². The molecule has 4 aromatic carbocycles. The van der Waals surface area contributed by atoms with Crippen LogP contribution in [0.25, 0.3) is 32.2 Å². The van der Waals surface area contributed by atoms with Crippen molar-refractivity contribution in [2.24, 2.45) is 5.92 Å². The number of aliphatic hydroxyl groups is 1. The van der Waals surface area contributed by atoms with Crippen LogP contribution < -0.4 is 21.1 Å². The minimum absolute atomic E-state index is 0.00739. The fourth-order valence-corrected chi connectivity index (χ4v) is 9.07. The van der Waals surface area contributed by atoms with E-state index in [0.717, 1.165) is 89.9 Å². The number of rotatable bonds is 13. The minimum atomic E-state index is -0.865. The number of phenols is 1. The molecule has 12 heteroatoms. The van der Waals surface area contributed by atoms with Crippen molar-refractivity contribution in [1.82, 2.24) is 19.8 Å². The third kappa shape index (κ3) is 8.23. The molecular formula is C43H45N5O6S. The number of phenolic OH excluding ortho intramolecular Hbond substituents is 1. The number of fused-ring (bicyclic) bond motifs is 5. The lowest BCUT2D eigenvalue weighted by Gasteiger charge is -2.43. The van der Waals surface area contributed by atoms with Gasteiger partial charge in [-0.25, -0.2) is 4.79 Å². The molecule has 1 amide bonds. The highest BCUT2D eigenvalue weighted by Crippen LogP contribution is 2.33. The molecule has 0 radical (unpaired) electrons. The number of benzene rings is 4. The molecule has 3 aliphatic rings. The Bertz CT molecular complexity index is 2430. The molecule has 3 saturated heterocycles. The Morgan fingerprint density at radius 3 is 2.56 bits per heavy atom. The molecule has 2 aromatic heterocycles. The number of pyridine rings is 1. The number of H-pyrrole nitrogens is 1.